The summed E-state index contributed by atoms with van der Waals surface area (Å²) in [5.74, 6) is -2.20. The van der Waals surface area contributed by atoms with Crippen LogP contribution in [0.4, 0.5) is 21.5 Å². The van der Waals surface area contributed by atoms with Gasteiger partial charge in [0.05, 0.1) is 28.9 Å². The molecule has 4 rings (SSSR count). The summed E-state index contributed by atoms with van der Waals surface area (Å²) >= 11 is 0. The molecule has 0 bridgehead atoms. The van der Waals surface area contributed by atoms with Gasteiger partial charge in [-0.1, -0.05) is 69.9 Å². The van der Waals surface area contributed by atoms with E-state index >= 15 is 4.21 Å². The fraction of sp³-hybridized carbons (Fsp3) is 0.400. The highest BCUT2D eigenvalue weighted by Crippen LogP contribution is 2.47. The number of hydrogen-bond acceptors (Lipinski definition) is 6. The first-order valence-electron chi connectivity index (χ1n) is 15.4. The highest BCUT2D eigenvalue weighted by atomic mass is 32.2. The van der Waals surface area contributed by atoms with Crippen LogP contribution >= 0.6 is 0 Å². The molecule has 10 heteroatoms. The van der Waals surface area contributed by atoms with E-state index in [1.807, 2.05) is 67.5 Å². The molecule has 1 N–H and O–H groups in total. The Morgan fingerprint density at radius 1 is 1.04 bits per heavy atom. The normalized spacial score (nSPS) is 16.5. The first kappa shape index (κ1) is 34.0. The summed E-state index contributed by atoms with van der Waals surface area (Å²) in [6.45, 7) is 5.39. The number of carbonyl (C=O) groups is 1. The number of methoxy groups -OCH3 is 1. The van der Waals surface area contributed by atoms with Crippen LogP contribution in [0.1, 0.15) is 57.9 Å². The topological polar surface area (TPSA) is 82.6 Å². The van der Waals surface area contributed by atoms with E-state index in [0.717, 1.165) is 61.2 Å². The molecule has 0 aliphatic carbocycles. The Labute approximate surface area is 268 Å². The molecule has 1 heterocycles. The maximum atomic E-state index is 15.1. The second kappa shape index (κ2) is 15.4. The molecule has 0 radical (unpaired) electrons. The fourth-order valence-corrected chi connectivity index (χ4v) is 7.41. The number of carboxylic acids is 1. The standard InChI is InChI=1S/C35H44FN3O5S/c1-6-8-19-35(20-9-7-2)25-38(27-13-11-10-12-14-27)31-21-30(37(3)4)32(44-24-29(36)34(40)41)22-33(31)45(42)39(35)23-26-15-17-28(43-5)18-16-26/h10-18,21-22,24H,6-9,19-20,23,25H2,1-5H3,(H,40,41)/b29-24-. The van der Waals surface area contributed by atoms with Gasteiger partial charge in [-0.25, -0.2) is 13.3 Å². The number of nitrogens with zero attached hydrogens (tertiary/aromatic N) is 3. The molecule has 1 unspecified atom stereocenters. The van der Waals surface area contributed by atoms with Crippen molar-refractivity contribution in [3.8, 4) is 11.5 Å². The zero-order valence-corrected chi connectivity index (χ0v) is 27.6. The van der Waals surface area contributed by atoms with Gasteiger partial charge in [-0.15, -0.1) is 0 Å². The van der Waals surface area contributed by atoms with Crippen molar-refractivity contribution in [1.82, 2.24) is 4.31 Å². The van der Waals surface area contributed by atoms with Gasteiger partial charge in [0.25, 0.3) is 0 Å². The Balaban J connectivity index is 1.99. The maximum Gasteiger partial charge on any atom is 0.368 e. The summed E-state index contributed by atoms with van der Waals surface area (Å²) in [5, 5.41) is 9.07. The van der Waals surface area contributed by atoms with Gasteiger partial charge in [0.1, 0.15) is 23.0 Å². The Morgan fingerprint density at radius 2 is 1.69 bits per heavy atom. The van der Waals surface area contributed by atoms with E-state index < -0.39 is 28.3 Å². The third kappa shape index (κ3) is 7.86. The second-order valence-corrected chi connectivity index (χ2v) is 12.9. The summed E-state index contributed by atoms with van der Waals surface area (Å²) in [6, 6.07) is 21.5. The number of carboxylic acid groups (broad SMARTS) is 1. The Bertz CT molecular complexity index is 1490. The van der Waals surface area contributed by atoms with Crippen LogP contribution in [0.2, 0.25) is 0 Å². The van der Waals surface area contributed by atoms with Crippen LogP contribution in [0.5, 0.6) is 11.5 Å². The molecule has 0 saturated carbocycles. The van der Waals surface area contributed by atoms with Crippen molar-refractivity contribution in [3.05, 3.63) is 84.4 Å². The number of halogens is 1. The summed E-state index contributed by atoms with van der Waals surface area (Å²) in [5.41, 5.74) is 2.87. The molecule has 8 nitrogen and oxygen atoms in total. The average Bonchev–Trinajstić information content (AvgIpc) is 3.14. The molecule has 0 spiro atoms. The van der Waals surface area contributed by atoms with Crippen LogP contribution < -0.4 is 19.3 Å². The summed E-state index contributed by atoms with van der Waals surface area (Å²) in [7, 11) is 3.62. The molecule has 3 aromatic carbocycles. The van der Waals surface area contributed by atoms with Gasteiger partial charge in [-0.2, -0.15) is 4.39 Å². The van der Waals surface area contributed by atoms with Gasteiger partial charge in [0.2, 0.25) is 5.83 Å². The lowest BCUT2D eigenvalue weighted by molar-refractivity contribution is -0.134. The van der Waals surface area contributed by atoms with E-state index in [0.29, 0.717) is 29.9 Å². The second-order valence-electron chi connectivity index (χ2n) is 11.6. The summed E-state index contributed by atoms with van der Waals surface area (Å²) < 4.78 is 42.3. The molecule has 0 saturated heterocycles. The molecule has 3 aromatic rings. The Morgan fingerprint density at radius 3 is 2.24 bits per heavy atom. The lowest BCUT2D eigenvalue weighted by Gasteiger charge is -2.44. The molecular formula is C35H44FN3O5S. The van der Waals surface area contributed by atoms with E-state index in [4.69, 9.17) is 14.6 Å². The number of fused-ring (bicyclic) bond motifs is 1. The molecule has 1 aliphatic rings. The van der Waals surface area contributed by atoms with Crippen LogP contribution in [0, 0.1) is 0 Å². The molecule has 1 aliphatic heterocycles. The number of anilines is 3. The number of aliphatic carboxylic acids is 1. The number of unbranched alkanes of at least 4 members (excludes halogenated alkanes) is 2. The minimum atomic E-state index is -1.72. The van der Waals surface area contributed by atoms with E-state index in [2.05, 4.69) is 35.2 Å². The van der Waals surface area contributed by atoms with E-state index in [9.17, 15) is 9.18 Å². The number of rotatable bonds is 14. The quantitative estimate of drug-likeness (QED) is 0.143. The molecule has 242 valence electrons. The van der Waals surface area contributed by atoms with Crippen LogP contribution in [0.15, 0.2) is 83.7 Å². The van der Waals surface area contributed by atoms with Crippen molar-refractivity contribution in [2.24, 2.45) is 0 Å². The van der Waals surface area contributed by atoms with Crippen molar-refractivity contribution in [1.29, 1.82) is 0 Å². The van der Waals surface area contributed by atoms with Gasteiger partial charge in [-0.05, 0) is 48.7 Å². The predicted octanol–water partition coefficient (Wildman–Crippen LogP) is 7.83. The molecule has 0 aromatic heterocycles. The first-order chi connectivity index (χ1) is 21.6. The zero-order valence-electron chi connectivity index (χ0n) is 26.8. The van der Waals surface area contributed by atoms with Gasteiger partial charge in [-0.3, -0.25) is 0 Å². The van der Waals surface area contributed by atoms with Crippen molar-refractivity contribution in [2.45, 2.75) is 69.4 Å². The molecule has 1 atom stereocenters. The lowest BCUT2D eigenvalue weighted by atomic mass is 9.85. The maximum absolute atomic E-state index is 15.1. The number of ether oxygens (including phenoxy) is 2. The van der Waals surface area contributed by atoms with Crippen molar-refractivity contribution in [2.75, 3.05) is 37.5 Å². The summed E-state index contributed by atoms with van der Waals surface area (Å²) in [6.07, 6.45) is 6.20. The third-order valence-electron chi connectivity index (χ3n) is 8.22. The van der Waals surface area contributed by atoms with Crippen LogP contribution in [0.25, 0.3) is 0 Å². The van der Waals surface area contributed by atoms with Gasteiger partial charge in [0, 0.05) is 38.9 Å². The smallest absolute Gasteiger partial charge is 0.368 e. The molecule has 45 heavy (non-hydrogen) atoms. The SMILES string of the molecule is CCCCC1(CCCC)CN(c2ccccc2)c2cc(N(C)C)c(O/C=C(\F)C(=O)O)cc2S(=O)N1Cc1ccc(OC)cc1. The number of para-hydroxylation sites is 1. The minimum Gasteiger partial charge on any atom is -0.497 e. The first-order valence-corrected chi connectivity index (χ1v) is 16.5. The monoisotopic (exact) mass is 637 g/mol. The number of hydrogen-bond donors (Lipinski definition) is 1. The highest BCUT2D eigenvalue weighted by molar-refractivity contribution is 7.83. The summed E-state index contributed by atoms with van der Waals surface area (Å²) in [4.78, 5) is 15.7. The molecule has 0 fully saturated rings. The van der Waals surface area contributed by atoms with Gasteiger partial charge in [0.15, 0.2) is 5.75 Å². The van der Waals surface area contributed by atoms with Crippen LogP contribution in [-0.4, -0.2) is 52.9 Å². The zero-order chi connectivity index (χ0) is 32.6. The Kier molecular flexibility index (Phi) is 11.6. The number of benzene rings is 3. The van der Waals surface area contributed by atoms with E-state index in [-0.39, 0.29) is 5.75 Å². The fourth-order valence-electron chi connectivity index (χ4n) is 5.76. The van der Waals surface area contributed by atoms with Gasteiger partial charge < -0.3 is 24.4 Å². The molecule has 0 amide bonds. The largest absolute Gasteiger partial charge is 0.497 e. The third-order valence-corrected chi connectivity index (χ3v) is 9.84. The van der Waals surface area contributed by atoms with Gasteiger partial charge >= 0.3 is 5.97 Å². The lowest BCUT2D eigenvalue weighted by Crippen LogP contribution is -2.54. The van der Waals surface area contributed by atoms with Crippen molar-refractivity contribution >= 4 is 34.0 Å². The van der Waals surface area contributed by atoms with Crippen LogP contribution in [0.3, 0.4) is 0 Å². The van der Waals surface area contributed by atoms with Crippen LogP contribution in [-0.2, 0) is 22.3 Å². The Hall–Kier alpha value is -3.89. The van der Waals surface area contributed by atoms with E-state index in [1.54, 1.807) is 13.2 Å². The average molecular weight is 638 g/mol. The van der Waals surface area contributed by atoms with Crippen molar-refractivity contribution in [3.63, 3.8) is 0 Å². The molecular weight excluding hydrogens is 593 g/mol. The van der Waals surface area contributed by atoms with Crippen molar-refractivity contribution < 1.29 is 28.0 Å². The van der Waals surface area contributed by atoms with E-state index in [1.165, 1.54) is 0 Å². The minimum absolute atomic E-state index is 0.204. The predicted molar refractivity (Wildman–Crippen MR) is 178 cm³/mol. The highest BCUT2D eigenvalue weighted by Gasteiger charge is 2.45.